The third-order valence-corrected chi connectivity index (χ3v) is 12.7. The number of aromatic nitrogens is 3. The lowest BCUT2D eigenvalue weighted by molar-refractivity contribution is 0.231. The highest BCUT2D eigenvalue weighted by molar-refractivity contribution is 8.29. The molecule has 3 aromatic carbocycles. The van der Waals surface area contributed by atoms with Gasteiger partial charge in [-0.25, -0.2) is 4.98 Å². The number of ether oxygens (including phenoxy) is 3. The van der Waals surface area contributed by atoms with Crippen LogP contribution in [0.3, 0.4) is 0 Å². The minimum Gasteiger partial charge on any atom is -0.497 e. The van der Waals surface area contributed by atoms with Crippen LogP contribution in [0.5, 0.6) is 17.2 Å². The maximum atomic E-state index is 6.81. The van der Waals surface area contributed by atoms with Crippen LogP contribution in [-0.2, 0) is 10.7 Å². The van der Waals surface area contributed by atoms with Crippen LogP contribution in [-0.4, -0.2) is 59.9 Å². The van der Waals surface area contributed by atoms with Crippen molar-refractivity contribution in [3.05, 3.63) is 76.9 Å². The van der Waals surface area contributed by atoms with E-state index in [1.54, 1.807) is 38.0 Å². The summed E-state index contributed by atoms with van der Waals surface area (Å²) in [5, 5.41) is 16.5. The number of methoxy groups -OCH3 is 2. The molecule has 0 saturated heterocycles. The first-order chi connectivity index (χ1) is 21.5. The van der Waals surface area contributed by atoms with Gasteiger partial charge in [0.1, 0.15) is 28.9 Å². The molecule has 1 N–H and O–H groups in total. The van der Waals surface area contributed by atoms with Gasteiger partial charge in [0.05, 0.1) is 43.3 Å². The second kappa shape index (κ2) is 13.8. The summed E-state index contributed by atoms with van der Waals surface area (Å²) < 4.78 is 23.4. The highest BCUT2D eigenvalue weighted by Gasteiger charge is 2.28. The average Bonchev–Trinajstić information content (AvgIpc) is 3.56. The molecule has 8 nitrogen and oxygen atoms in total. The van der Waals surface area contributed by atoms with E-state index in [0.29, 0.717) is 30.5 Å². The van der Waals surface area contributed by atoms with Gasteiger partial charge in [-0.05, 0) is 60.0 Å². The van der Waals surface area contributed by atoms with E-state index in [1.807, 2.05) is 47.8 Å². The minimum absolute atomic E-state index is 0.0788. The monoisotopic (exact) mass is 666 g/mol. The predicted octanol–water partition coefficient (Wildman–Crippen LogP) is 8.88. The number of nitrogens with zero attached hydrogens (tertiary/aromatic N) is 3. The van der Waals surface area contributed by atoms with E-state index < -0.39 is 10.3 Å². The Balaban J connectivity index is 1.40. The Kier molecular flexibility index (Phi) is 10.1. The summed E-state index contributed by atoms with van der Waals surface area (Å²) in [4.78, 5) is 4.60. The number of thiazole rings is 1. The highest BCUT2D eigenvalue weighted by Crippen LogP contribution is 2.53. The lowest BCUT2D eigenvalue weighted by atomic mass is 9.98. The molecular formula is C34H39ClN4O4S2. The van der Waals surface area contributed by atoms with E-state index in [0.717, 1.165) is 55.4 Å². The van der Waals surface area contributed by atoms with Gasteiger partial charge in [-0.2, -0.15) is 10.2 Å². The lowest BCUT2D eigenvalue weighted by Crippen LogP contribution is -2.26. The van der Waals surface area contributed by atoms with Crippen molar-refractivity contribution in [2.45, 2.75) is 32.1 Å². The zero-order valence-electron chi connectivity index (χ0n) is 26.6. The summed E-state index contributed by atoms with van der Waals surface area (Å²) in [6.07, 6.45) is 7.89. The van der Waals surface area contributed by atoms with Crippen LogP contribution in [0.25, 0.3) is 32.6 Å². The SMILES string of the molecule is COc1ccc(CNc2cnnc3cc(-c4cc(Cl)c(OCCOS(C)(C)C(C)(C)C)cc4-c4nccs4)ccc23)c(OC)c1. The topological polar surface area (TPSA) is 87.6 Å². The van der Waals surface area contributed by atoms with Gasteiger partial charge in [0.2, 0.25) is 0 Å². The molecule has 2 heterocycles. The molecule has 238 valence electrons. The standard InChI is InChI=1S/C34H39ClN4O4S2/c1-34(2,3)45(6,7)43-14-13-42-32-19-27(33-36-12-15-44-33)26(18-28(32)35)22-9-11-25-29(16-22)39-38-21-30(25)37-20-23-8-10-24(40-4)17-31(23)41-5/h8-12,15-19,21H,13-14,20H2,1-7H3,(H,37,39). The van der Waals surface area contributed by atoms with E-state index in [9.17, 15) is 0 Å². The van der Waals surface area contributed by atoms with E-state index in [2.05, 4.69) is 59.8 Å². The molecule has 0 radical (unpaired) electrons. The quantitative estimate of drug-likeness (QED) is 0.132. The van der Waals surface area contributed by atoms with Gasteiger partial charge >= 0.3 is 0 Å². The molecular weight excluding hydrogens is 628 g/mol. The molecule has 5 rings (SSSR count). The number of hydrogen-bond acceptors (Lipinski definition) is 9. The summed E-state index contributed by atoms with van der Waals surface area (Å²) in [7, 11) is 2.05. The van der Waals surface area contributed by atoms with Crippen molar-refractivity contribution in [3.63, 3.8) is 0 Å². The van der Waals surface area contributed by atoms with Gasteiger partial charge in [-0.15, -0.1) is 21.6 Å². The molecule has 0 atom stereocenters. The van der Waals surface area contributed by atoms with E-state index in [-0.39, 0.29) is 4.75 Å². The maximum Gasteiger partial charge on any atom is 0.138 e. The van der Waals surface area contributed by atoms with Gasteiger partial charge in [-0.1, -0.05) is 38.4 Å². The number of halogens is 1. The second-order valence-corrected chi connectivity index (χ2v) is 16.9. The third kappa shape index (κ3) is 7.47. The molecule has 0 spiro atoms. The fraction of sp³-hybridized carbons (Fsp3) is 0.324. The maximum absolute atomic E-state index is 6.81. The van der Waals surface area contributed by atoms with Crippen molar-refractivity contribution in [2.24, 2.45) is 0 Å². The molecule has 2 aromatic heterocycles. The molecule has 0 fully saturated rings. The smallest absolute Gasteiger partial charge is 0.138 e. The number of hydrogen-bond donors (Lipinski definition) is 1. The Labute approximate surface area is 275 Å². The first-order valence-electron chi connectivity index (χ1n) is 14.4. The van der Waals surface area contributed by atoms with Crippen LogP contribution in [0.4, 0.5) is 5.69 Å². The summed E-state index contributed by atoms with van der Waals surface area (Å²) in [5.41, 5.74) is 5.42. The number of nitrogens with one attached hydrogen (secondary N) is 1. The zero-order valence-corrected chi connectivity index (χ0v) is 29.0. The molecule has 11 heteroatoms. The van der Waals surface area contributed by atoms with Crippen molar-refractivity contribution in [1.82, 2.24) is 15.2 Å². The second-order valence-electron chi connectivity index (χ2n) is 11.7. The zero-order chi connectivity index (χ0) is 32.2. The van der Waals surface area contributed by atoms with Gasteiger partial charge < -0.3 is 23.7 Å². The largest absolute Gasteiger partial charge is 0.497 e. The number of benzene rings is 3. The van der Waals surface area contributed by atoms with Gasteiger partial charge in [0, 0.05) is 45.4 Å². The van der Waals surface area contributed by atoms with Gasteiger partial charge in [-0.3, -0.25) is 0 Å². The van der Waals surface area contributed by atoms with Crippen LogP contribution in [0.1, 0.15) is 26.3 Å². The molecule has 0 aliphatic rings. The molecule has 0 aliphatic heterocycles. The van der Waals surface area contributed by atoms with Crippen LogP contribution >= 0.6 is 33.2 Å². The normalized spacial score (nSPS) is 12.3. The van der Waals surface area contributed by atoms with Crippen LogP contribution in [0.2, 0.25) is 5.02 Å². The Hall–Kier alpha value is -3.57. The van der Waals surface area contributed by atoms with Crippen molar-refractivity contribution in [1.29, 1.82) is 0 Å². The molecule has 5 aromatic rings. The van der Waals surface area contributed by atoms with Crippen LogP contribution in [0, 0.1) is 0 Å². The number of fused-ring (bicyclic) bond motifs is 1. The van der Waals surface area contributed by atoms with Gasteiger partial charge in [0.15, 0.2) is 0 Å². The summed E-state index contributed by atoms with van der Waals surface area (Å²) in [6.45, 7) is 8.03. The third-order valence-electron chi connectivity index (χ3n) is 7.84. The molecule has 0 amide bonds. The summed E-state index contributed by atoms with van der Waals surface area (Å²) >= 11 is 8.37. The summed E-state index contributed by atoms with van der Waals surface area (Å²) in [5.74, 6) is 2.08. The Bertz CT molecular complexity index is 1770. The fourth-order valence-corrected chi connectivity index (χ4v) is 6.29. The van der Waals surface area contributed by atoms with Crippen molar-refractivity contribution >= 4 is 49.8 Å². The number of anilines is 1. The molecule has 45 heavy (non-hydrogen) atoms. The highest BCUT2D eigenvalue weighted by atomic mass is 35.5. The fourth-order valence-electron chi connectivity index (χ4n) is 4.56. The molecule has 0 unspecified atom stereocenters. The van der Waals surface area contributed by atoms with Crippen molar-refractivity contribution < 1.29 is 18.4 Å². The van der Waals surface area contributed by atoms with E-state index in [1.165, 1.54) is 0 Å². The number of rotatable bonds is 12. The lowest BCUT2D eigenvalue weighted by Gasteiger charge is -2.43. The van der Waals surface area contributed by atoms with Crippen molar-refractivity contribution in [3.8, 4) is 38.9 Å². The van der Waals surface area contributed by atoms with E-state index >= 15 is 0 Å². The average molecular weight is 667 g/mol. The van der Waals surface area contributed by atoms with Gasteiger partial charge in [0.25, 0.3) is 0 Å². The first-order valence-corrected chi connectivity index (χ1v) is 18.1. The van der Waals surface area contributed by atoms with Crippen LogP contribution < -0.4 is 19.5 Å². The molecule has 0 bridgehead atoms. The Morgan fingerprint density at radius 2 is 1.76 bits per heavy atom. The Morgan fingerprint density at radius 1 is 0.933 bits per heavy atom. The Morgan fingerprint density at radius 3 is 2.47 bits per heavy atom. The van der Waals surface area contributed by atoms with Crippen molar-refractivity contribution in [2.75, 3.05) is 45.3 Å². The summed E-state index contributed by atoms with van der Waals surface area (Å²) in [6, 6.07) is 15.8. The van der Waals surface area contributed by atoms with E-state index in [4.69, 9.17) is 30.0 Å². The minimum atomic E-state index is -1.24. The van der Waals surface area contributed by atoms with Crippen LogP contribution in [0.15, 0.2) is 66.3 Å². The first kappa shape index (κ1) is 32.8. The predicted molar refractivity (Wildman–Crippen MR) is 189 cm³/mol. The molecule has 0 saturated carbocycles. The molecule has 0 aliphatic carbocycles.